The predicted octanol–water partition coefficient (Wildman–Crippen LogP) is 3.10. The third-order valence-corrected chi connectivity index (χ3v) is 2.03. The van der Waals surface area contributed by atoms with Gasteiger partial charge in [-0.25, -0.2) is 0 Å². The van der Waals surface area contributed by atoms with E-state index in [1.54, 1.807) is 6.08 Å². The van der Waals surface area contributed by atoms with Crippen molar-refractivity contribution in [3.8, 4) is 0 Å². The number of hydrogen-bond donors (Lipinski definition) is 0. The van der Waals surface area contributed by atoms with Crippen LogP contribution < -0.4 is 0 Å². The molecule has 0 aromatic carbocycles. The molecule has 0 saturated carbocycles. The fraction of sp³-hybridized carbons (Fsp3) is 0.583. The highest BCUT2D eigenvalue weighted by Crippen LogP contribution is 2.18. The minimum absolute atomic E-state index is 0.160. The van der Waals surface area contributed by atoms with Crippen molar-refractivity contribution in [1.82, 2.24) is 0 Å². The molecular weight excluding hydrogens is 176 g/mol. The molecule has 0 aliphatic rings. The molecule has 1 atom stereocenters. The Bertz CT molecular complexity index is 216. The summed E-state index contributed by atoms with van der Waals surface area (Å²) in [4.78, 5) is 11.2. The zero-order valence-corrected chi connectivity index (χ0v) is 9.38. The van der Waals surface area contributed by atoms with E-state index in [9.17, 15) is 4.79 Å². The molecule has 0 aromatic rings. The van der Waals surface area contributed by atoms with E-state index in [-0.39, 0.29) is 24.4 Å². The Morgan fingerprint density at radius 3 is 2.43 bits per heavy atom. The highest BCUT2D eigenvalue weighted by Gasteiger charge is 2.19. The molecule has 0 fully saturated rings. The third kappa shape index (κ3) is 4.26. The van der Waals surface area contributed by atoms with E-state index in [4.69, 9.17) is 4.74 Å². The predicted molar refractivity (Wildman–Crippen MR) is 59.0 cm³/mol. The first-order valence-electron chi connectivity index (χ1n) is 5.00. The molecule has 0 amide bonds. The molecule has 2 nitrogen and oxygen atoms in total. The van der Waals surface area contributed by atoms with E-state index in [1.165, 1.54) is 0 Å². The van der Waals surface area contributed by atoms with Crippen LogP contribution in [0.15, 0.2) is 24.8 Å². The minimum atomic E-state index is -0.228. The third-order valence-electron chi connectivity index (χ3n) is 2.03. The van der Waals surface area contributed by atoms with Crippen molar-refractivity contribution in [3.05, 3.63) is 24.8 Å². The Hall–Kier alpha value is -1.05. The Labute approximate surface area is 86.6 Å². The normalized spacial score (nSPS) is 12.3. The molecule has 80 valence electrons. The topological polar surface area (TPSA) is 26.3 Å². The maximum Gasteiger partial charge on any atom is 0.310 e. The van der Waals surface area contributed by atoms with Gasteiger partial charge in [-0.05, 0) is 17.9 Å². The highest BCUT2D eigenvalue weighted by molar-refractivity contribution is 5.71. The van der Waals surface area contributed by atoms with Crippen molar-refractivity contribution >= 4 is 5.97 Å². The van der Waals surface area contributed by atoms with Crippen LogP contribution >= 0.6 is 0 Å². The van der Waals surface area contributed by atoms with Crippen LogP contribution in [0, 0.1) is 5.92 Å². The van der Waals surface area contributed by atoms with Crippen molar-refractivity contribution in [2.45, 2.75) is 39.7 Å². The van der Waals surface area contributed by atoms with Crippen LogP contribution in [0.2, 0.25) is 0 Å². The van der Waals surface area contributed by atoms with E-state index >= 15 is 0 Å². The van der Waals surface area contributed by atoms with Crippen LogP contribution in [0.4, 0.5) is 0 Å². The largest absolute Gasteiger partial charge is 0.457 e. The molecule has 2 heteroatoms. The van der Waals surface area contributed by atoms with Crippen molar-refractivity contribution in [2.75, 3.05) is 0 Å². The Balaban J connectivity index is 4.30. The lowest BCUT2D eigenvalue weighted by molar-refractivity contribution is -0.148. The number of esters is 1. The molecule has 0 aliphatic carbocycles. The van der Waals surface area contributed by atoms with Crippen LogP contribution in [-0.2, 0) is 9.53 Å². The quantitative estimate of drug-likeness (QED) is 0.482. The second-order valence-corrected chi connectivity index (χ2v) is 3.66. The van der Waals surface area contributed by atoms with Crippen molar-refractivity contribution in [1.29, 1.82) is 0 Å². The van der Waals surface area contributed by atoms with Gasteiger partial charge in [0.15, 0.2) is 0 Å². The number of carbonyl (C=O) groups excluding carboxylic acids is 1. The maximum absolute atomic E-state index is 11.2. The second-order valence-electron chi connectivity index (χ2n) is 3.66. The molecule has 14 heavy (non-hydrogen) atoms. The van der Waals surface area contributed by atoms with Gasteiger partial charge in [-0.3, -0.25) is 4.79 Å². The van der Waals surface area contributed by atoms with E-state index in [2.05, 4.69) is 13.2 Å². The van der Waals surface area contributed by atoms with Crippen LogP contribution in [0.3, 0.4) is 0 Å². The van der Waals surface area contributed by atoms with Crippen LogP contribution in [-0.4, -0.2) is 12.1 Å². The lowest BCUT2D eigenvalue weighted by Crippen LogP contribution is -2.25. The summed E-state index contributed by atoms with van der Waals surface area (Å²) in [6, 6.07) is 0. The molecule has 0 aliphatic heterocycles. The summed E-state index contributed by atoms with van der Waals surface area (Å²) in [6.07, 6.45) is 2.49. The van der Waals surface area contributed by atoms with Gasteiger partial charge in [-0.2, -0.15) is 0 Å². The Morgan fingerprint density at radius 1 is 1.50 bits per heavy atom. The van der Waals surface area contributed by atoms with Gasteiger partial charge in [0.05, 0.1) is 6.42 Å². The van der Waals surface area contributed by atoms with Crippen molar-refractivity contribution in [2.24, 2.45) is 5.92 Å². The summed E-state index contributed by atoms with van der Waals surface area (Å²) in [5.74, 6) is 0.0458. The average molecular weight is 196 g/mol. The second kappa shape index (κ2) is 6.41. The van der Waals surface area contributed by atoms with Crippen LogP contribution in [0.5, 0.6) is 0 Å². The van der Waals surface area contributed by atoms with E-state index < -0.39 is 0 Å². The van der Waals surface area contributed by atoms with Gasteiger partial charge in [0.1, 0.15) is 6.10 Å². The van der Waals surface area contributed by atoms with E-state index in [1.807, 2.05) is 20.8 Å². The lowest BCUT2D eigenvalue weighted by Gasteiger charge is -2.22. The fourth-order valence-electron chi connectivity index (χ4n) is 1.20. The van der Waals surface area contributed by atoms with Gasteiger partial charge in [-0.1, -0.05) is 33.4 Å². The summed E-state index contributed by atoms with van der Waals surface area (Å²) in [6.45, 7) is 13.5. The first-order valence-corrected chi connectivity index (χ1v) is 5.00. The van der Waals surface area contributed by atoms with Gasteiger partial charge in [0.2, 0.25) is 0 Å². The summed E-state index contributed by atoms with van der Waals surface area (Å²) in [5.41, 5.74) is 0.970. The molecule has 0 radical (unpaired) electrons. The SMILES string of the molecule is C=CCC(=O)OC(C(=C)CC)C(C)C. The number of carbonyl (C=O) groups is 1. The van der Waals surface area contributed by atoms with Crippen LogP contribution in [0.1, 0.15) is 33.6 Å². The molecular formula is C12H20O2. The van der Waals surface area contributed by atoms with Gasteiger partial charge < -0.3 is 4.74 Å². The van der Waals surface area contributed by atoms with Crippen molar-refractivity contribution < 1.29 is 9.53 Å². The average Bonchev–Trinajstić information content (AvgIpc) is 2.13. The van der Waals surface area contributed by atoms with Gasteiger partial charge in [-0.15, -0.1) is 6.58 Å². The molecule has 0 aromatic heterocycles. The van der Waals surface area contributed by atoms with E-state index in [0.29, 0.717) is 0 Å². The lowest BCUT2D eigenvalue weighted by atomic mass is 9.98. The summed E-state index contributed by atoms with van der Waals surface area (Å²) >= 11 is 0. The minimum Gasteiger partial charge on any atom is -0.457 e. The molecule has 0 heterocycles. The fourth-order valence-corrected chi connectivity index (χ4v) is 1.20. The molecule has 0 spiro atoms. The summed E-state index contributed by atoms with van der Waals surface area (Å²) in [5, 5.41) is 0. The number of hydrogen-bond acceptors (Lipinski definition) is 2. The number of rotatable bonds is 6. The number of ether oxygens (including phenoxy) is 1. The van der Waals surface area contributed by atoms with Gasteiger partial charge in [0, 0.05) is 0 Å². The van der Waals surface area contributed by atoms with Crippen LogP contribution in [0.25, 0.3) is 0 Å². The molecule has 0 N–H and O–H groups in total. The molecule has 1 unspecified atom stereocenters. The molecule has 0 saturated heterocycles. The Kier molecular flexibility index (Phi) is 5.93. The summed E-state index contributed by atoms with van der Waals surface area (Å²) in [7, 11) is 0. The Morgan fingerprint density at radius 2 is 2.07 bits per heavy atom. The smallest absolute Gasteiger partial charge is 0.310 e. The van der Waals surface area contributed by atoms with E-state index in [0.717, 1.165) is 12.0 Å². The first-order chi connectivity index (χ1) is 6.52. The molecule has 0 bridgehead atoms. The first kappa shape index (κ1) is 12.9. The zero-order valence-electron chi connectivity index (χ0n) is 9.38. The molecule has 0 rings (SSSR count). The standard InChI is InChI=1S/C12H20O2/c1-6-8-11(13)14-12(9(3)4)10(5)7-2/h6,9,12H,1,5,7-8H2,2-4H3. The highest BCUT2D eigenvalue weighted by atomic mass is 16.5. The zero-order chi connectivity index (χ0) is 11.1. The van der Waals surface area contributed by atoms with Gasteiger partial charge in [0.25, 0.3) is 0 Å². The van der Waals surface area contributed by atoms with Gasteiger partial charge >= 0.3 is 5.97 Å². The maximum atomic E-state index is 11.2. The van der Waals surface area contributed by atoms with Crippen molar-refractivity contribution in [3.63, 3.8) is 0 Å². The summed E-state index contributed by atoms with van der Waals surface area (Å²) < 4.78 is 5.30. The monoisotopic (exact) mass is 196 g/mol.